The lowest BCUT2D eigenvalue weighted by Gasteiger charge is -1.96. The van der Waals surface area contributed by atoms with Crippen molar-refractivity contribution in [2.45, 2.75) is 0 Å². The molecule has 0 spiro atoms. The zero-order chi connectivity index (χ0) is 11.8. The van der Waals surface area contributed by atoms with Gasteiger partial charge in [-0.25, -0.2) is 8.78 Å². The first kappa shape index (κ1) is 10.0. The summed E-state index contributed by atoms with van der Waals surface area (Å²) in [5, 5.41) is 0.810. The number of fused-ring (bicyclic) bond motifs is 1. The molecule has 0 amide bonds. The third kappa shape index (κ3) is 1.80. The summed E-state index contributed by atoms with van der Waals surface area (Å²) in [7, 11) is 0. The van der Waals surface area contributed by atoms with Gasteiger partial charge in [-0.1, -0.05) is 0 Å². The largest absolute Gasteiger partial charge is 0.355 e. The van der Waals surface area contributed by atoms with Gasteiger partial charge in [0.1, 0.15) is 11.6 Å². The Labute approximate surface area is 96.7 Å². The molecule has 3 heteroatoms. The van der Waals surface area contributed by atoms with Crippen LogP contribution in [0, 0.1) is 11.6 Å². The summed E-state index contributed by atoms with van der Waals surface area (Å²) in [6.07, 6.45) is 0. The van der Waals surface area contributed by atoms with Crippen LogP contribution in [0.2, 0.25) is 0 Å². The number of benzene rings is 2. The van der Waals surface area contributed by atoms with E-state index in [-0.39, 0.29) is 11.6 Å². The van der Waals surface area contributed by atoms with Gasteiger partial charge in [0, 0.05) is 16.6 Å². The number of halogens is 2. The molecular formula is C14H9F2N. The summed E-state index contributed by atoms with van der Waals surface area (Å²) in [6.45, 7) is 0. The second kappa shape index (κ2) is 3.70. The Morgan fingerprint density at radius 1 is 0.765 bits per heavy atom. The molecule has 3 aromatic rings. The van der Waals surface area contributed by atoms with E-state index in [2.05, 4.69) is 4.98 Å². The molecule has 0 aliphatic rings. The summed E-state index contributed by atoms with van der Waals surface area (Å²) < 4.78 is 25.8. The molecule has 0 aliphatic carbocycles. The van der Waals surface area contributed by atoms with E-state index in [0.717, 1.165) is 22.2 Å². The average molecular weight is 229 g/mol. The molecule has 1 heterocycles. The highest BCUT2D eigenvalue weighted by Gasteiger charge is 2.04. The van der Waals surface area contributed by atoms with Crippen molar-refractivity contribution in [2.75, 3.05) is 0 Å². The maximum absolute atomic E-state index is 13.0. The summed E-state index contributed by atoms with van der Waals surface area (Å²) in [4.78, 5) is 3.17. The molecule has 2 aromatic carbocycles. The van der Waals surface area contributed by atoms with Crippen molar-refractivity contribution in [1.29, 1.82) is 0 Å². The van der Waals surface area contributed by atoms with Crippen LogP contribution in [-0.4, -0.2) is 4.98 Å². The maximum Gasteiger partial charge on any atom is 0.123 e. The van der Waals surface area contributed by atoms with Gasteiger partial charge in [-0.15, -0.1) is 0 Å². The second-order valence-electron chi connectivity index (χ2n) is 3.92. The van der Waals surface area contributed by atoms with E-state index >= 15 is 0 Å². The van der Waals surface area contributed by atoms with Crippen molar-refractivity contribution in [3.8, 4) is 11.3 Å². The van der Waals surface area contributed by atoms with Crippen LogP contribution in [0.25, 0.3) is 22.2 Å². The minimum Gasteiger partial charge on any atom is -0.355 e. The van der Waals surface area contributed by atoms with E-state index in [1.807, 2.05) is 6.07 Å². The fourth-order valence-corrected chi connectivity index (χ4v) is 1.89. The number of hydrogen-bond acceptors (Lipinski definition) is 0. The van der Waals surface area contributed by atoms with Gasteiger partial charge in [0.2, 0.25) is 0 Å². The molecule has 1 aromatic heterocycles. The van der Waals surface area contributed by atoms with E-state index in [9.17, 15) is 8.78 Å². The lowest BCUT2D eigenvalue weighted by molar-refractivity contribution is 0.628. The predicted octanol–water partition coefficient (Wildman–Crippen LogP) is 4.11. The minimum absolute atomic E-state index is 0.262. The summed E-state index contributed by atoms with van der Waals surface area (Å²) >= 11 is 0. The topological polar surface area (TPSA) is 15.8 Å². The number of aromatic amines is 1. The molecule has 0 bridgehead atoms. The molecule has 0 unspecified atom stereocenters. The normalized spacial score (nSPS) is 10.9. The van der Waals surface area contributed by atoms with Crippen LogP contribution in [-0.2, 0) is 0 Å². The van der Waals surface area contributed by atoms with Crippen molar-refractivity contribution >= 4 is 10.9 Å². The molecule has 0 aliphatic heterocycles. The van der Waals surface area contributed by atoms with Gasteiger partial charge in [0.15, 0.2) is 0 Å². The highest BCUT2D eigenvalue weighted by Crippen LogP contribution is 2.24. The van der Waals surface area contributed by atoms with Crippen molar-refractivity contribution in [3.05, 3.63) is 60.2 Å². The Kier molecular flexibility index (Phi) is 2.18. The molecule has 0 saturated heterocycles. The fraction of sp³-hybridized carbons (Fsp3) is 0. The van der Waals surface area contributed by atoms with Crippen LogP contribution in [0.3, 0.4) is 0 Å². The van der Waals surface area contributed by atoms with Crippen molar-refractivity contribution < 1.29 is 8.78 Å². The van der Waals surface area contributed by atoms with Gasteiger partial charge < -0.3 is 4.98 Å². The molecule has 3 rings (SSSR count). The van der Waals surface area contributed by atoms with Gasteiger partial charge >= 0.3 is 0 Å². The van der Waals surface area contributed by atoms with Crippen molar-refractivity contribution in [2.24, 2.45) is 0 Å². The quantitative estimate of drug-likeness (QED) is 0.646. The number of H-pyrrole nitrogens is 1. The monoisotopic (exact) mass is 229 g/mol. The lowest BCUT2D eigenvalue weighted by atomic mass is 10.1. The summed E-state index contributed by atoms with van der Waals surface area (Å²) in [6, 6.07) is 12.6. The Hall–Kier alpha value is -2.16. The second-order valence-corrected chi connectivity index (χ2v) is 3.92. The van der Waals surface area contributed by atoms with Gasteiger partial charge in [0.25, 0.3) is 0 Å². The van der Waals surface area contributed by atoms with Gasteiger partial charge in [-0.2, -0.15) is 0 Å². The highest BCUT2D eigenvalue weighted by molar-refractivity contribution is 5.85. The van der Waals surface area contributed by atoms with E-state index in [0.29, 0.717) is 0 Å². The van der Waals surface area contributed by atoms with Crippen LogP contribution >= 0.6 is 0 Å². The third-order valence-electron chi connectivity index (χ3n) is 2.74. The third-order valence-corrected chi connectivity index (χ3v) is 2.74. The Bertz CT molecular complexity index is 668. The molecule has 0 atom stereocenters. The van der Waals surface area contributed by atoms with Crippen molar-refractivity contribution in [3.63, 3.8) is 0 Å². The number of aromatic nitrogens is 1. The minimum atomic E-state index is -0.268. The van der Waals surface area contributed by atoms with Crippen LogP contribution in [0.15, 0.2) is 48.5 Å². The molecule has 17 heavy (non-hydrogen) atoms. The molecule has 0 radical (unpaired) electrons. The highest BCUT2D eigenvalue weighted by atomic mass is 19.1. The van der Waals surface area contributed by atoms with Gasteiger partial charge in [-0.05, 0) is 54.1 Å². The number of nitrogens with one attached hydrogen (secondary N) is 1. The van der Waals surface area contributed by atoms with E-state index in [1.54, 1.807) is 18.2 Å². The zero-order valence-corrected chi connectivity index (χ0v) is 8.87. The Morgan fingerprint density at radius 2 is 1.47 bits per heavy atom. The maximum atomic E-state index is 13.0. The Balaban J connectivity index is 2.14. The van der Waals surface area contributed by atoms with E-state index < -0.39 is 0 Å². The lowest BCUT2D eigenvalue weighted by Crippen LogP contribution is -1.77. The summed E-state index contributed by atoms with van der Waals surface area (Å²) in [5.74, 6) is -0.530. The molecule has 0 saturated carbocycles. The first-order valence-corrected chi connectivity index (χ1v) is 5.26. The van der Waals surface area contributed by atoms with Gasteiger partial charge in [0.05, 0.1) is 0 Å². The SMILES string of the molecule is Fc1ccc(-c2cc3cc(F)ccc3[nH]2)cc1. The number of rotatable bonds is 1. The molecular weight excluding hydrogens is 220 g/mol. The predicted molar refractivity (Wildman–Crippen MR) is 63.7 cm³/mol. The molecule has 84 valence electrons. The number of hydrogen-bond donors (Lipinski definition) is 1. The first-order chi connectivity index (χ1) is 8.22. The van der Waals surface area contributed by atoms with Crippen LogP contribution < -0.4 is 0 Å². The molecule has 1 nitrogen and oxygen atoms in total. The van der Waals surface area contributed by atoms with E-state index in [1.165, 1.54) is 24.3 Å². The van der Waals surface area contributed by atoms with Gasteiger partial charge in [-0.3, -0.25) is 0 Å². The van der Waals surface area contributed by atoms with Crippen molar-refractivity contribution in [1.82, 2.24) is 4.98 Å². The van der Waals surface area contributed by atoms with Crippen LogP contribution in [0.5, 0.6) is 0 Å². The first-order valence-electron chi connectivity index (χ1n) is 5.26. The zero-order valence-electron chi connectivity index (χ0n) is 8.87. The molecule has 0 fully saturated rings. The fourth-order valence-electron chi connectivity index (χ4n) is 1.89. The smallest absolute Gasteiger partial charge is 0.123 e. The molecule has 1 N–H and O–H groups in total. The standard InChI is InChI=1S/C14H9F2N/c15-11-3-1-9(2-4-11)14-8-10-7-12(16)5-6-13(10)17-14/h1-8,17H. The summed E-state index contributed by atoms with van der Waals surface area (Å²) in [5.41, 5.74) is 2.60. The van der Waals surface area contributed by atoms with Crippen LogP contribution in [0.1, 0.15) is 0 Å². The van der Waals surface area contributed by atoms with Crippen LogP contribution in [0.4, 0.5) is 8.78 Å². The Morgan fingerprint density at radius 3 is 2.24 bits per heavy atom. The van der Waals surface area contributed by atoms with E-state index in [4.69, 9.17) is 0 Å². The average Bonchev–Trinajstić information content (AvgIpc) is 2.72.